The summed E-state index contributed by atoms with van der Waals surface area (Å²) in [7, 11) is -1.99. The van der Waals surface area contributed by atoms with E-state index in [0.29, 0.717) is 5.04 Å². The van der Waals surface area contributed by atoms with Crippen molar-refractivity contribution in [3.05, 3.63) is 12.2 Å². The van der Waals surface area contributed by atoms with Gasteiger partial charge in [0.2, 0.25) is 0 Å². The van der Waals surface area contributed by atoms with Crippen molar-refractivity contribution in [2.45, 2.75) is 44.7 Å². The van der Waals surface area contributed by atoms with Crippen molar-refractivity contribution in [3.63, 3.8) is 0 Å². The Kier molecular flexibility index (Phi) is 2.21. The van der Waals surface area contributed by atoms with Crippen LogP contribution in [0, 0.1) is 11.3 Å². The Bertz CT molecular complexity index is 327. The number of fused-ring (bicyclic) bond motifs is 2. The molecule has 2 atom stereocenters. The molecule has 2 unspecified atom stereocenters. The van der Waals surface area contributed by atoms with Crippen LogP contribution in [0.3, 0.4) is 0 Å². The zero-order chi connectivity index (χ0) is 11.4. The largest absolute Gasteiger partial charge is 0.393 e. The molecule has 16 heavy (non-hydrogen) atoms. The molecule has 0 aromatic heterocycles. The van der Waals surface area contributed by atoms with Gasteiger partial charge in [0, 0.05) is 23.7 Å². The lowest BCUT2D eigenvalue weighted by Gasteiger charge is -2.47. The van der Waals surface area contributed by atoms with Crippen LogP contribution in [0.1, 0.15) is 33.1 Å². The monoisotopic (exact) mass is 238 g/mol. The summed E-state index contributed by atoms with van der Waals surface area (Å²) < 4.78 is 12.5. The first kappa shape index (κ1) is 11.0. The molecule has 1 saturated heterocycles. The lowest BCUT2D eigenvalue weighted by atomic mass is 9.97. The van der Waals surface area contributed by atoms with Gasteiger partial charge in [-0.15, -0.1) is 0 Å². The highest BCUT2D eigenvalue weighted by Crippen LogP contribution is 2.61. The summed E-state index contributed by atoms with van der Waals surface area (Å²) in [6, 6.07) is 0. The van der Waals surface area contributed by atoms with E-state index in [4.69, 9.17) is 8.85 Å². The second-order valence-electron chi connectivity index (χ2n) is 6.71. The lowest BCUT2D eigenvalue weighted by molar-refractivity contribution is 0.00456. The van der Waals surface area contributed by atoms with Crippen LogP contribution in [0.15, 0.2) is 12.2 Å². The minimum absolute atomic E-state index is 0.198. The quantitative estimate of drug-likeness (QED) is 0.516. The minimum atomic E-state index is -1.99. The van der Waals surface area contributed by atoms with Gasteiger partial charge < -0.3 is 8.85 Å². The molecule has 0 spiro atoms. The Morgan fingerprint density at radius 3 is 2.38 bits per heavy atom. The van der Waals surface area contributed by atoms with E-state index in [2.05, 4.69) is 32.5 Å². The van der Waals surface area contributed by atoms with E-state index in [1.807, 2.05) is 0 Å². The Balaban J connectivity index is 1.82. The van der Waals surface area contributed by atoms with Gasteiger partial charge in [-0.3, -0.25) is 0 Å². The molecule has 1 saturated carbocycles. The Hall–Kier alpha value is -0.123. The van der Waals surface area contributed by atoms with Crippen molar-refractivity contribution < 1.29 is 8.85 Å². The standard InChI is InChI=1S/C13H22O2Si/c1-12(2)9-14-16(3,15-10-12)13-6-4-11(8-13)5-7-13/h4,6,11H,5,7-10H2,1-3H3. The van der Waals surface area contributed by atoms with E-state index in [1.54, 1.807) is 0 Å². The summed E-state index contributed by atoms with van der Waals surface area (Å²) in [6.07, 6.45) is 8.74. The van der Waals surface area contributed by atoms with E-state index in [9.17, 15) is 0 Å². The second-order valence-corrected chi connectivity index (χ2v) is 10.2. The maximum Gasteiger partial charge on any atom is 0.345 e. The highest BCUT2D eigenvalue weighted by Gasteiger charge is 2.60. The van der Waals surface area contributed by atoms with E-state index >= 15 is 0 Å². The molecule has 90 valence electrons. The molecule has 0 amide bonds. The van der Waals surface area contributed by atoms with Gasteiger partial charge >= 0.3 is 8.56 Å². The zero-order valence-electron chi connectivity index (χ0n) is 10.6. The van der Waals surface area contributed by atoms with Crippen molar-refractivity contribution >= 4 is 8.56 Å². The normalized spacial score (nSPS) is 43.8. The van der Waals surface area contributed by atoms with E-state index in [1.165, 1.54) is 19.3 Å². The predicted octanol–water partition coefficient (Wildman–Crippen LogP) is 3.24. The van der Waals surface area contributed by atoms with Crippen molar-refractivity contribution in [3.8, 4) is 0 Å². The van der Waals surface area contributed by atoms with Gasteiger partial charge in [0.1, 0.15) is 0 Å². The third-order valence-electron chi connectivity index (χ3n) is 4.66. The van der Waals surface area contributed by atoms with Crippen molar-refractivity contribution in [1.82, 2.24) is 0 Å². The molecule has 1 aliphatic heterocycles. The smallest absolute Gasteiger partial charge is 0.345 e. The van der Waals surface area contributed by atoms with Crippen LogP contribution in [-0.2, 0) is 8.85 Å². The Morgan fingerprint density at radius 1 is 1.25 bits per heavy atom. The fraction of sp³-hybridized carbons (Fsp3) is 0.846. The third-order valence-corrected chi connectivity index (χ3v) is 8.48. The number of hydrogen-bond donors (Lipinski definition) is 0. The van der Waals surface area contributed by atoms with Gasteiger partial charge in [-0.05, 0) is 31.7 Å². The second kappa shape index (κ2) is 3.21. The lowest BCUT2D eigenvalue weighted by Crippen LogP contribution is -2.56. The topological polar surface area (TPSA) is 18.5 Å². The molecule has 2 bridgehead atoms. The number of rotatable bonds is 1. The zero-order valence-corrected chi connectivity index (χ0v) is 11.6. The van der Waals surface area contributed by atoms with Crippen molar-refractivity contribution in [1.29, 1.82) is 0 Å². The van der Waals surface area contributed by atoms with Crippen LogP contribution in [0.4, 0.5) is 0 Å². The molecule has 3 rings (SSSR count). The van der Waals surface area contributed by atoms with Gasteiger partial charge in [0.15, 0.2) is 0 Å². The van der Waals surface area contributed by atoms with Gasteiger partial charge in [-0.2, -0.15) is 0 Å². The van der Waals surface area contributed by atoms with Crippen molar-refractivity contribution in [2.24, 2.45) is 11.3 Å². The van der Waals surface area contributed by atoms with Crippen LogP contribution in [0.25, 0.3) is 0 Å². The van der Waals surface area contributed by atoms with Crippen LogP contribution in [0.2, 0.25) is 11.6 Å². The first-order valence-corrected chi connectivity index (χ1v) is 8.74. The maximum atomic E-state index is 6.25. The Morgan fingerprint density at radius 2 is 1.94 bits per heavy atom. The van der Waals surface area contributed by atoms with Crippen LogP contribution >= 0.6 is 0 Å². The van der Waals surface area contributed by atoms with Crippen LogP contribution in [0.5, 0.6) is 0 Å². The molecule has 3 heteroatoms. The first-order valence-electron chi connectivity index (χ1n) is 6.42. The van der Waals surface area contributed by atoms with Crippen LogP contribution in [-0.4, -0.2) is 21.8 Å². The molecule has 2 aliphatic carbocycles. The molecule has 2 nitrogen and oxygen atoms in total. The highest BCUT2D eigenvalue weighted by atomic mass is 28.4. The third kappa shape index (κ3) is 1.45. The maximum absolute atomic E-state index is 6.25. The molecular weight excluding hydrogens is 216 g/mol. The molecule has 0 N–H and O–H groups in total. The highest BCUT2D eigenvalue weighted by molar-refractivity contribution is 6.70. The van der Waals surface area contributed by atoms with Crippen LogP contribution < -0.4 is 0 Å². The molecule has 0 aromatic rings. The van der Waals surface area contributed by atoms with E-state index in [0.717, 1.165) is 19.1 Å². The number of hydrogen-bond acceptors (Lipinski definition) is 2. The molecule has 0 aromatic carbocycles. The molecular formula is C13H22O2Si. The van der Waals surface area contributed by atoms with Gasteiger partial charge in [-0.25, -0.2) is 0 Å². The molecule has 2 fully saturated rings. The summed E-state index contributed by atoms with van der Waals surface area (Å²) in [6.45, 7) is 8.47. The summed E-state index contributed by atoms with van der Waals surface area (Å²) in [5.74, 6) is 0.812. The molecule has 0 radical (unpaired) electrons. The van der Waals surface area contributed by atoms with Gasteiger partial charge in [0.25, 0.3) is 0 Å². The van der Waals surface area contributed by atoms with Crippen molar-refractivity contribution in [2.75, 3.05) is 13.2 Å². The van der Waals surface area contributed by atoms with E-state index < -0.39 is 8.56 Å². The summed E-state index contributed by atoms with van der Waals surface area (Å²) >= 11 is 0. The minimum Gasteiger partial charge on any atom is -0.393 e. The Labute approximate surface area is 99.3 Å². The average Bonchev–Trinajstić information content (AvgIpc) is 2.84. The van der Waals surface area contributed by atoms with E-state index in [-0.39, 0.29) is 5.41 Å². The number of allylic oxidation sites excluding steroid dienone is 2. The molecule has 1 heterocycles. The van der Waals surface area contributed by atoms with Gasteiger partial charge in [-0.1, -0.05) is 26.0 Å². The first-order chi connectivity index (χ1) is 7.45. The fourth-order valence-corrected chi connectivity index (χ4v) is 6.97. The predicted molar refractivity (Wildman–Crippen MR) is 66.5 cm³/mol. The summed E-state index contributed by atoms with van der Waals surface area (Å²) in [5.41, 5.74) is 0.198. The van der Waals surface area contributed by atoms with Gasteiger partial charge in [0.05, 0.1) is 0 Å². The summed E-state index contributed by atoms with van der Waals surface area (Å²) in [4.78, 5) is 0. The summed E-state index contributed by atoms with van der Waals surface area (Å²) in [5, 5.41) is 0.300. The fourth-order valence-electron chi connectivity index (χ4n) is 3.35. The SMILES string of the molecule is CC1(C)CO[Si](C)(C23C=CC(CC2)C3)OC1. The molecule has 3 aliphatic rings. The average molecular weight is 238 g/mol.